The van der Waals surface area contributed by atoms with Gasteiger partial charge in [0.1, 0.15) is 0 Å². The summed E-state index contributed by atoms with van der Waals surface area (Å²) >= 11 is 0. The van der Waals surface area contributed by atoms with Crippen molar-refractivity contribution >= 4 is 0 Å². The van der Waals surface area contributed by atoms with Crippen LogP contribution in [0.2, 0.25) is 0 Å². The summed E-state index contributed by atoms with van der Waals surface area (Å²) < 4.78 is 5.76. The Labute approximate surface area is 112 Å². The largest absolute Gasteiger partial charge is 0.396 e. The van der Waals surface area contributed by atoms with Gasteiger partial charge in [0.05, 0.1) is 12.7 Å². The van der Waals surface area contributed by atoms with E-state index >= 15 is 0 Å². The maximum atomic E-state index is 9.84. The van der Waals surface area contributed by atoms with Crippen molar-refractivity contribution in [1.29, 1.82) is 0 Å². The van der Waals surface area contributed by atoms with E-state index in [1.807, 2.05) is 0 Å². The van der Waals surface area contributed by atoms with E-state index in [2.05, 4.69) is 18.7 Å². The van der Waals surface area contributed by atoms with E-state index in [1.54, 1.807) is 0 Å². The molecule has 1 aliphatic heterocycles. The first-order chi connectivity index (χ1) is 8.69. The topological polar surface area (TPSA) is 32.7 Å². The van der Waals surface area contributed by atoms with Crippen molar-refractivity contribution in [2.75, 3.05) is 26.3 Å². The molecule has 106 valence electrons. The summed E-state index contributed by atoms with van der Waals surface area (Å²) in [6.45, 7) is 7.71. The molecule has 2 rings (SSSR count). The first-order valence-corrected chi connectivity index (χ1v) is 7.65. The molecular weight excluding hydrogens is 226 g/mol. The zero-order valence-corrected chi connectivity index (χ0v) is 12.0. The predicted octanol–water partition coefficient (Wildman–Crippen LogP) is 2.43. The molecule has 0 amide bonds. The second-order valence-corrected chi connectivity index (χ2v) is 6.35. The lowest BCUT2D eigenvalue weighted by Crippen LogP contribution is -2.53. The third-order valence-corrected chi connectivity index (χ3v) is 4.84. The SMILES string of the molecule is CCC1COC(C)CN1CC1(CO)CCCCC1. The Kier molecular flexibility index (Phi) is 5.05. The van der Waals surface area contributed by atoms with Gasteiger partial charge in [-0.15, -0.1) is 0 Å². The van der Waals surface area contributed by atoms with Crippen LogP contribution in [0, 0.1) is 5.41 Å². The molecule has 0 aromatic heterocycles. The van der Waals surface area contributed by atoms with Gasteiger partial charge in [-0.1, -0.05) is 26.2 Å². The zero-order valence-electron chi connectivity index (χ0n) is 12.0. The molecule has 1 aliphatic carbocycles. The molecule has 0 bridgehead atoms. The molecule has 3 nitrogen and oxygen atoms in total. The minimum absolute atomic E-state index is 0.169. The van der Waals surface area contributed by atoms with E-state index in [1.165, 1.54) is 32.1 Å². The third-order valence-electron chi connectivity index (χ3n) is 4.84. The zero-order chi connectivity index (χ0) is 13.0. The van der Waals surface area contributed by atoms with Gasteiger partial charge in [-0.25, -0.2) is 0 Å². The maximum absolute atomic E-state index is 9.84. The summed E-state index contributed by atoms with van der Waals surface area (Å²) in [5.74, 6) is 0. The summed E-state index contributed by atoms with van der Waals surface area (Å²) in [5.41, 5.74) is 0.169. The number of ether oxygens (including phenoxy) is 1. The quantitative estimate of drug-likeness (QED) is 0.837. The molecule has 0 radical (unpaired) electrons. The van der Waals surface area contributed by atoms with Gasteiger partial charge in [-0.05, 0) is 26.2 Å². The Morgan fingerprint density at radius 1 is 1.28 bits per heavy atom. The number of aliphatic hydroxyl groups is 1. The average Bonchev–Trinajstić information content (AvgIpc) is 2.40. The summed E-state index contributed by atoms with van der Waals surface area (Å²) in [6, 6.07) is 0.548. The standard InChI is InChI=1S/C15H29NO2/c1-3-14-10-18-13(2)9-16(14)11-15(12-17)7-5-4-6-8-15/h13-14,17H,3-12H2,1-2H3. The fourth-order valence-corrected chi connectivity index (χ4v) is 3.58. The Morgan fingerprint density at radius 2 is 2.00 bits per heavy atom. The van der Waals surface area contributed by atoms with Crippen molar-refractivity contribution in [3.63, 3.8) is 0 Å². The molecule has 0 aromatic carbocycles. The number of morpholine rings is 1. The van der Waals surface area contributed by atoms with Crippen molar-refractivity contribution in [2.45, 2.75) is 64.5 Å². The van der Waals surface area contributed by atoms with Crippen LogP contribution in [-0.4, -0.2) is 48.5 Å². The van der Waals surface area contributed by atoms with Crippen molar-refractivity contribution in [3.05, 3.63) is 0 Å². The van der Waals surface area contributed by atoms with Crippen molar-refractivity contribution in [2.24, 2.45) is 5.41 Å². The highest BCUT2D eigenvalue weighted by atomic mass is 16.5. The van der Waals surface area contributed by atoms with Gasteiger partial charge in [0.2, 0.25) is 0 Å². The monoisotopic (exact) mass is 255 g/mol. The molecular formula is C15H29NO2. The van der Waals surface area contributed by atoms with E-state index in [9.17, 15) is 5.11 Å². The van der Waals surface area contributed by atoms with E-state index in [4.69, 9.17) is 4.74 Å². The average molecular weight is 255 g/mol. The van der Waals surface area contributed by atoms with Crippen LogP contribution in [0.25, 0.3) is 0 Å². The van der Waals surface area contributed by atoms with Crippen molar-refractivity contribution in [1.82, 2.24) is 4.90 Å². The summed E-state index contributed by atoms with van der Waals surface area (Å²) in [5, 5.41) is 9.84. The first kappa shape index (κ1) is 14.3. The van der Waals surface area contributed by atoms with E-state index in [0.717, 1.165) is 26.1 Å². The van der Waals surface area contributed by atoms with Gasteiger partial charge < -0.3 is 9.84 Å². The van der Waals surface area contributed by atoms with Crippen LogP contribution in [0.15, 0.2) is 0 Å². The van der Waals surface area contributed by atoms with Crippen molar-refractivity contribution in [3.8, 4) is 0 Å². The molecule has 1 saturated carbocycles. The van der Waals surface area contributed by atoms with Gasteiger partial charge in [0, 0.05) is 31.2 Å². The lowest BCUT2D eigenvalue weighted by atomic mass is 9.74. The summed E-state index contributed by atoms with van der Waals surface area (Å²) in [4.78, 5) is 2.58. The Hall–Kier alpha value is -0.120. The second-order valence-electron chi connectivity index (χ2n) is 6.35. The maximum Gasteiger partial charge on any atom is 0.0674 e. The summed E-state index contributed by atoms with van der Waals surface area (Å²) in [6.07, 6.45) is 7.81. The second kappa shape index (κ2) is 6.36. The lowest BCUT2D eigenvalue weighted by Gasteiger charge is -2.45. The molecule has 1 N–H and O–H groups in total. The molecule has 0 spiro atoms. The highest BCUT2D eigenvalue weighted by Crippen LogP contribution is 2.37. The number of nitrogens with zero attached hydrogens (tertiary/aromatic N) is 1. The number of rotatable bonds is 4. The highest BCUT2D eigenvalue weighted by Gasteiger charge is 2.36. The number of aliphatic hydroxyl groups excluding tert-OH is 1. The number of hydrogen-bond donors (Lipinski definition) is 1. The Morgan fingerprint density at radius 3 is 2.61 bits per heavy atom. The summed E-state index contributed by atoms with van der Waals surface area (Å²) in [7, 11) is 0. The number of hydrogen-bond acceptors (Lipinski definition) is 3. The van der Waals surface area contributed by atoms with E-state index in [0.29, 0.717) is 18.8 Å². The highest BCUT2D eigenvalue weighted by molar-refractivity contribution is 4.89. The first-order valence-electron chi connectivity index (χ1n) is 7.65. The molecule has 2 atom stereocenters. The minimum Gasteiger partial charge on any atom is -0.396 e. The van der Waals surface area contributed by atoms with Gasteiger partial charge >= 0.3 is 0 Å². The molecule has 3 heteroatoms. The van der Waals surface area contributed by atoms with Crippen LogP contribution >= 0.6 is 0 Å². The van der Waals surface area contributed by atoms with E-state index < -0.39 is 0 Å². The van der Waals surface area contributed by atoms with Crippen LogP contribution < -0.4 is 0 Å². The molecule has 1 heterocycles. The fourth-order valence-electron chi connectivity index (χ4n) is 3.58. The van der Waals surface area contributed by atoms with Gasteiger partial charge in [0.15, 0.2) is 0 Å². The molecule has 2 fully saturated rings. The molecule has 2 aliphatic rings. The van der Waals surface area contributed by atoms with Crippen LogP contribution in [0.1, 0.15) is 52.4 Å². The predicted molar refractivity (Wildman–Crippen MR) is 73.7 cm³/mol. The Bertz CT molecular complexity index is 251. The molecule has 2 unspecified atom stereocenters. The van der Waals surface area contributed by atoms with Crippen LogP contribution in [0.5, 0.6) is 0 Å². The smallest absolute Gasteiger partial charge is 0.0674 e. The normalized spacial score (nSPS) is 33.5. The van der Waals surface area contributed by atoms with Crippen LogP contribution in [-0.2, 0) is 4.74 Å². The van der Waals surface area contributed by atoms with Gasteiger partial charge in [-0.2, -0.15) is 0 Å². The van der Waals surface area contributed by atoms with Crippen molar-refractivity contribution < 1.29 is 9.84 Å². The minimum atomic E-state index is 0.169. The van der Waals surface area contributed by atoms with Gasteiger partial charge in [-0.3, -0.25) is 4.90 Å². The fraction of sp³-hybridized carbons (Fsp3) is 1.00. The Balaban J connectivity index is 1.99. The van der Waals surface area contributed by atoms with Crippen LogP contribution in [0.3, 0.4) is 0 Å². The molecule has 1 saturated heterocycles. The van der Waals surface area contributed by atoms with E-state index in [-0.39, 0.29) is 5.41 Å². The molecule has 18 heavy (non-hydrogen) atoms. The van der Waals surface area contributed by atoms with Gasteiger partial charge in [0.25, 0.3) is 0 Å². The third kappa shape index (κ3) is 3.25. The van der Waals surface area contributed by atoms with Crippen LogP contribution in [0.4, 0.5) is 0 Å². The molecule has 0 aromatic rings. The lowest BCUT2D eigenvalue weighted by molar-refractivity contribution is -0.0798.